The number of nitrogens with zero attached hydrogens (tertiary/aromatic N) is 1. The Morgan fingerprint density at radius 2 is 1.88 bits per heavy atom. The molecule has 1 aromatic carbocycles. The maximum absolute atomic E-state index is 12.8. The van der Waals surface area contributed by atoms with Crippen molar-refractivity contribution in [2.24, 2.45) is 0 Å². The Balaban J connectivity index is 1.78. The van der Waals surface area contributed by atoms with Crippen LogP contribution in [-0.4, -0.2) is 17.1 Å². The van der Waals surface area contributed by atoms with Crippen molar-refractivity contribution in [2.45, 2.75) is 52.1 Å². The van der Waals surface area contributed by atoms with Crippen LogP contribution in [0, 0.1) is 13.8 Å². The number of carbonyl (C=O) groups is 1. The number of carbonyl (C=O) groups excluding carboxylic acids is 1. The van der Waals surface area contributed by atoms with E-state index in [0.29, 0.717) is 27.6 Å². The Hall–Kier alpha value is -2.69. The minimum absolute atomic E-state index is 0.0395. The largest absolute Gasteiger partial charge is 0.459 e. The Morgan fingerprint density at radius 3 is 2.65 bits per heavy atom. The first kappa shape index (κ1) is 16.8. The van der Waals surface area contributed by atoms with Crippen molar-refractivity contribution >= 4 is 28.0 Å². The second kappa shape index (κ2) is 6.56. The zero-order valence-electron chi connectivity index (χ0n) is 15.0. The molecule has 0 radical (unpaired) electrons. The third-order valence-corrected chi connectivity index (χ3v) is 5.06. The maximum atomic E-state index is 12.8. The van der Waals surface area contributed by atoms with E-state index in [9.17, 15) is 9.59 Å². The molecular weight excluding hydrogens is 330 g/mol. The van der Waals surface area contributed by atoms with Crippen molar-refractivity contribution in [2.75, 3.05) is 0 Å². The Kier molecular flexibility index (Phi) is 4.23. The van der Waals surface area contributed by atoms with Crippen LogP contribution < -0.4 is 5.43 Å². The van der Waals surface area contributed by atoms with Crippen LogP contribution in [0.2, 0.25) is 0 Å². The highest BCUT2D eigenvalue weighted by Crippen LogP contribution is 2.24. The van der Waals surface area contributed by atoms with Gasteiger partial charge in [-0.15, -0.1) is 0 Å². The summed E-state index contributed by atoms with van der Waals surface area (Å²) in [5.41, 5.74) is 2.42. The van der Waals surface area contributed by atoms with E-state index in [1.807, 2.05) is 19.1 Å². The van der Waals surface area contributed by atoms with Crippen LogP contribution in [0.5, 0.6) is 0 Å². The molecule has 2 heterocycles. The lowest BCUT2D eigenvalue weighted by atomic mass is 9.98. The maximum Gasteiger partial charge on any atom is 0.340 e. The molecule has 0 amide bonds. The van der Waals surface area contributed by atoms with Crippen LogP contribution >= 0.6 is 0 Å². The van der Waals surface area contributed by atoms with Crippen LogP contribution in [0.15, 0.2) is 33.5 Å². The van der Waals surface area contributed by atoms with Gasteiger partial charge in [0, 0.05) is 0 Å². The first-order valence-corrected chi connectivity index (χ1v) is 9.09. The predicted octanol–water partition coefficient (Wildman–Crippen LogP) is 4.45. The summed E-state index contributed by atoms with van der Waals surface area (Å²) < 4.78 is 11.4. The number of hydrogen-bond acceptors (Lipinski definition) is 5. The molecule has 1 fully saturated rings. The van der Waals surface area contributed by atoms with Crippen molar-refractivity contribution < 1.29 is 13.9 Å². The molecule has 1 saturated carbocycles. The first-order chi connectivity index (χ1) is 12.5. The van der Waals surface area contributed by atoms with E-state index >= 15 is 0 Å². The topological polar surface area (TPSA) is 69.4 Å². The predicted molar refractivity (Wildman–Crippen MR) is 99.5 cm³/mol. The van der Waals surface area contributed by atoms with Crippen molar-refractivity contribution in [3.8, 4) is 0 Å². The van der Waals surface area contributed by atoms with Crippen molar-refractivity contribution in [1.29, 1.82) is 0 Å². The molecule has 1 aliphatic rings. The van der Waals surface area contributed by atoms with E-state index in [-0.39, 0.29) is 17.2 Å². The highest BCUT2D eigenvalue weighted by Gasteiger charge is 2.22. The lowest BCUT2D eigenvalue weighted by Crippen LogP contribution is -2.22. The highest BCUT2D eigenvalue weighted by molar-refractivity contribution is 5.96. The molecule has 0 atom stereocenters. The molecule has 0 bridgehead atoms. The molecule has 0 saturated heterocycles. The summed E-state index contributed by atoms with van der Waals surface area (Å²) in [6.07, 6.45) is 5.13. The third-order valence-electron chi connectivity index (χ3n) is 5.06. The van der Waals surface area contributed by atoms with E-state index < -0.39 is 5.97 Å². The van der Waals surface area contributed by atoms with Crippen LogP contribution in [0.4, 0.5) is 0 Å². The van der Waals surface area contributed by atoms with Gasteiger partial charge in [-0.25, -0.2) is 9.78 Å². The molecule has 2 aromatic heterocycles. The Bertz CT molecular complexity index is 1060. The van der Waals surface area contributed by atoms with Crippen molar-refractivity contribution in [3.05, 3.63) is 51.3 Å². The summed E-state index contributed by atoms with van der Waals surface area (Å²) in [6, 6.07) is 6.99. The molecule has 4 rings (SSSR count). The van der Waals surface area contributed by atoms with Gasteiger partial charge in [0.25, 0.3) is 0 Å². The smallest absolute Gasteiger partial charge is 0.340 e. The van der Waals surface area contributed by atoms with Gasteiger partial charge in [0.1, 0.15) is 11.7 Å². The Labute approximate surface area is 151 Å². The molecule has 0 unspecified atom stereocenters. The number of fused-ring (bicyclic) bond motifs is 2. The fraction of sp³-hybridized carbons (Fsp3) is 0.381. The fourth-order valence-corrected chi connectivity index (χ4v) is 3.58. The molecule has 1 aliphatic carbocycles. The van der Waals surface area contributed by atoms with Crippen LogP contribution in [0.3, 0.4) is 0 Å². The zero-order valence-corrected chi connectivity index (χ0v) is 15.0. The second-order valence-corrected chi connectivity index (χ2v) is 7.07. The average molecular weight is 351 g/mol. The van der Waals surface area contributed by atoms with Crippen molar-refractivity contribution in [3.63, 3.8) is 0 Å². The van der Waals surface area contributed by atoms with Gasteiger partial charge >= 0.3 is 5.97 Å². The normalized spacial score (nSPS) is 15.5. The number of hydrogen-bond donors (Lipinski definition) is 0. The van der Waals surface area contributed by atoms with Crippen LogP contribution in [0.25, 0.3) is 22.1 Å². The van der Waals surface area contributed by atoms with Crippen molar-refractivity contribution in [1.82, 2.24) is 4.98 Å². The molecule has 26 heavy (non-hydrogen) atoms. The van der Waals surface area contributed by atoms with Gasteiger partial charge in [-0.2, -0.15) is 0 Å². The fourth-order valence-electron chi connectivity index (χ4n) is 3.58. The minimum atomic E-state index is -0.410. The van der Waals surface area contributed by atoms with Gasteiger partial charge in [-0.1, -0.05) is 12.5 Å². The van der Waals surface area contributed by atoms with E-state index in [1.54, 1.807) is 19.1 Å². The summed E-state index contributed by atoms with van der Waals surface area (Å²) in [4.78, 5) is 29.8. The number of aryl methyl sites for hydroxylation is 2. The number of rotatable bonds is 2. The summed E-state index contributed by atoms with van der Waals surface area (Å²) in [5.74, 6) is -0.410. The zero-order chi connectivity index (χ0) is 18.3. The van der Waals surface area contributed by atoms with Gasteiger partial charge in [0.05, 0.1) is 22.0 Å². The quantitative estimate of drug-likeness (QED) is 0.504. The number of benzene rings is 1. The standard InChI is InChI=1S/C21H21NO4/c1-12-8-9-15-18(10-12)26-20-17(19(15)23)11-16(13(2)22-20)21(24)25-14-6-4-3-5-7-14/h8-11,14H,3-7H2,1-2H3. The highest BCUT2D eigenvalue weighted by atomic mass is 16.5. The SMILES string of the molecule is Cc1ccc2c(=O)c3cc(C(=O)OC4CCCCC4)c(C)nc3oc2c1. The number of ether oxygens (including phenoxy) is 1. The van der Waals surface area contributed by atoms with Gasteiger partial charge in [-0.05, 0) is 63.3 Å². The van der Waals surface area contributed by atoms with Gasteiger partial charge in [-0.3, -0.25) is 4.79 Å². The van der Waals surface area contributed by atoms with Gasteiger partial charge in [0.2, 0.25) is 11.1 Å². The van der Waals surface area contributed by atoms with Gasteiger partial charge in [0.15, 0.2) is 0 Å². The third kappa shape index (κ3) is 2.98. The summed E-state index contributed by atoms with van der Waals surface area (Å²) in [5, 5.41) is 0.794. The monoisotopic (exact) mass is 351 g/mol. The number of esters is 1. The Morgan fingerprint density at radius 1 is 1.12 bits per heavy atom. The van der Waals surface area contributed by atoms with Gasteiger partial charge < -0.3 is 9.15 Å². The van der Waals surface area contributed by atoms with Crippen LogP contribution in [-0.2, 0) is 4.74 Å². The lowest BCUT2D eigenvalue weighted by molar-refractivity contribution is 0.0210. The number of pyridine rings is 1. The summed E-state index contributed by atoms with van der Waals surface area (Å²) in [7, 11) is 0. The van der Waals surface area contributed by atoms with Crippen LogP contribution in [0.1, 0.15) is 53.7 Å². The van der Waals surface area contributed by atoms with E-state index in [0.717, 1.165) is 31.2 Å². The molecule has 5 nitrogen and oxygen atoms in total. The summed E-state index contributed by atoms with van der Waals surface area (Å²) >= 11 is 0. The lowest BCUT2D eigenvalue weighted by Gasteiger charge is -2.22. The molecule has 0 aliphatic heterocycles. The molecule has 5 heteroatoms. The average Bonchev–Trinajstić information content (AvgIpc) is 2.62. The summed E-state index contributed by atoms with van der Waals surface area (Å²) in [6.45, 7) is 3.67. The molecular formula is C21H21NO4. The van der Waals surface area contributed by atoms with E-state index in [4.69, 9.17) is 9.15 Å². The molecule has 0 N–H and O–H groups in total. The molecule has 0 spiro atoms. The van der Waals surface area contributed by atoms with E-state index in [2.05, 4.69) is 4.98 Å². The minimum Gasteiger partial charge on any atom is -0.459 e. The number of aromatic nitrogens is 1. The molecule has 3 aromatic rings. The molecule has 134 valence electrons. The second-order valence-electron chi connectivity index (χ2n) is 7.07. The first-order valence-electron chi connectivity index (χ1n) is 9.09. The van der Waals surface area contributed by atoms with E-state index in [1.165, 1.54) is 6.42 Å².